The van der Waals surface area contributed by atoms with Crippen LogP contribution in [0.2, 0.25) is 0 Å². The highest BCUT2D eigenvalue weighted by atomic mass is 32.1. The predicted octanol–water partition coefficient (Wildman–Crippen LogP) is 2.80. The summed E-state index contributed by atoms with van der Waals surface area (Å²) in [6.07, 6.45) is 7.80. The molecule has 6 rings (SSSR count). The molecule has 2 saturated heterocycles. The summed E-state index contributed by atoms with van der Waals surface area (Å²) in [6.45, 7) is 3.30. The topological polar surface area (TPSA) is 115 Å². The zero-order valence-corrected chi connectivity index (χ0v) is 21.8. The number of likely N-dealkylation sites (tertiary alicyclic amines) is 1. The van der Waals surface area contributed by atoms with Gasteiger partial charge in [-0.3, -0.25) is 10.00 Å². The molecule has 4 aromatic heterocycles. The minimum absolute atomic E-state index is 0.0580. The number of nitrogens with one attached hydrogen (secondary N) is 2. The van der Waals surface area contributed by atoms with Crippen molar-refractivity contribution in [3.8, 4) is 11.6 Å². The fourth-order valence-electron chi connectivity index (χ4n) is 4.83. The van der Waals surface area contributed by atoms with Gasteiger partial charge in [-0.15, -0.1) is 11.3 Å². The van der Waals surface area contributed by atoms with E-state index in [1.807, 2.05) is 41.5 Å². The van der Waals surface area contributed by atoms with Gasteiger partial charge in [-0.2, -0.15) is 10.1 Å². The maximum atomic E-state index is 10.8. The lowest BCUT2D eigenvalue weighted by molar-refractivity contribution is 0.104. The second-order valence-corrected chi connectivity index (χ2v) is 10.7. The number of aliphatic hydroxyl groups excluding tert-OH is 1. The lowest BCUT2D eigenvalue weighted by Gasteiger charge is -2.31. The van der Waals surface area contributed by atoms with Gasteiger partial charge in [-0.1, -0.05) is 0 Å². The molecule has 1 unspecified atom stereocenters. The Kier molecular flexibility index (Phi) is 6.82. The third-order valence-electron chi connectivity index (χ3n) is 6.92. The first kappa shape index (κ1) is 24.3. The number of aromatic nitrogens is 5. The van der Waals surface area contributed by atoms with Crippen molar-refractivity contribution in [1.82, 2.24) is 34.5 Å². The molecule has 3 N–H and O–H groups in total. The molecular weight excluding hydrogens is 492 g/mol. The molecule has 0 bridgehead atoms. The summed E-state index contributed by atoms with van der Waals surface area (Å²) in [7, 11) is 4.02. The third kappa shape index (κ3) is 5.34. The van der Waals surface area contributed by atoms with Crippen LogP contribution in [0.1, 0.15) is 31.1 Å². The van der Waals surface area contributed by atoms with Crippen LogP contribution < -0.4 is 15.4 Å². The summed E-state index contributed by atoms with van der Waals surface area (Å²) >= 11 is 1.51. The first-order chi connectivity index (χ1) is 18.0. The van der Waals surface area contributed by atoms with Crippen molar-refractivity contribution in [1.29, 1.82) is 0 Å². The number of anilines is 2. The third-order valence-corrected chi connectivity index (χ3v) is 7.78. The highest BCUT2D eigenvalue weighted by Crippen LogP contribution is 2.32. The van der Waals surface area contributed by atoms with E-state index in [1.54, 1.807) is 10.9 Å². The minimum Gasteiger partial charge on any atom is -0.470 e. The quantitative estimate of drug-likeness (QED) is 0.299. The number of nitrogens with zero attached hydrogens (tertiary/aromatic N) is 6. The van der Waals surface area contributed by atoms with Gasteiger partial charge in [0.15, 0.2) is 0 Å². The Morgan fingerprint density at radius 2 is 2.08 bits per heavy atom. The second kappa shape index (κ2) is 10.4. The number of aliphatic hydroxyl groups is 1. The molecular formula is C25H32N8O3S. The van der Waals surface area contributed by atoms with Gasteiger partial charge in [0.25, 0.3) is 0 Å². The summed E-state index contributed by atoms with van der Waals surface area (Å²) in [5, 5.41) is 24.5. The molecule has 0 aliphatic carbocycles. The van der Waals surface area contributed by atoms with E-state index >= 15 is 0 Å². The van der Waals surface area contributed by atoms with Crippen molar-refractivity contribution in [2.24, 2.45) is 7.05 Å². The summed E-state index contributed by atoms with van der Waals surface area (Å²) in [6, 6.07) is 4.20. The van der Waals surface area contributed by atoms with Crippen molar-refractivity contribution in [3.05, 3.63) is 41.7 Å². The van der Waals surface area contributed by atoms with Gasteiger partial charge < -0.3 is 29.4 Å². The lowest BCUT2D eigenvalue weighted by atomic mass is 10.1. The van der Waals surface area contributed by atoms with Crippen LogP contribution in [0.15, 0.2) is 36.1 Å². The average Bonchev–Trinajstić information content (AvgIpc) is 3.68. The van der Waals surface area contributed by atoms with Crippen LogP contribution in [0, 0.1) is 0 Å². The highest BCUT2D eigenvalue weighted by molar-refractivity contribution is 7.14. The van der Waals surface area contributed by atoms with Gasteiger partial charge in [-0.05, 0) is 45.1 Å². The summed E-state index contributed by atoms with van der Waals surface area (Å²) < 4.78 is 15.6. The van der Waals surface area contributed by atoms with E-state index in [1.165, 1.54) is 11.3 Å². The number of fused-ring (bicyclic) bond motifs is 1. The van der Waals surface area contributed by atoms with Gasteiger partial charge in [-0.25, -0.2) is 4.98 Å². The molecule has 0 saturated carbocycles. The molecule has 11 nitrogen and oxygen atoms in total. The number of ether oxygens (including phenoxy) is 2. The van der Waals surface area contributed by atoms with Gasteiger partial charge in [0.1, 0.15) is 17.8 Å². The standard InChI is InChI=1S/C25H32N8O3S/c1-31-7-3-17(4-8-31)27-23(34)16-11-21(37-15-16)29-25-28-20-5-9-33(18-12-26-32(2)13-18)22(20)24(30-25)36-19-6-10-35-14-19/h5,9,11-13,15,17,19,23,27,34H,3-4,6-8,10,14H2,1-2H3,(H,28,29,30)/t19-,23?/m0/s1. The average molecular weight is 525 g/mol. The summed E-state index contributed by atoms with van der Waals surface area (Å²) in [4.78, 5) is 11.8. The Labute approximate surface area is 219 Å². The van der Waals surface area contributed by atoms with E-state index in [4.69, 9.17) is 19.4 Å². The Balaban J connectivity index is 1.24. The van der Waals surface area contributed by atoms with Crippen LogP contribution >= 0.6 is 11.3 Å². The highest BCUT2D eigenvalue weighted by Gasteiger charge is 2.23. The van der Waals surface area contributed by atoms with Crippen molar-refractivity contribution >= 4 is 33.3 Å². The van der Waals surface area contributed by atoms with Gasteiger partial charge in [0.05, 0.1) is 35.6 Å². The van der Waals surface area contributed by atoms with Crippen LogP contribution in [0.5, 0.6) is 5.88 Å². The second-order valence-electron chi connectivity index (χ2n) is 9.76. The molecule has 2 aliphatic heterocycles. The number of hydrogen-bond donors (Lipinski definition) is 3. The van der Waals surface area contributed by atoms with E-state index in [0.717, 1.165) is 59.6 Å². The van der Waals surface area contributed by atoms with Crippen LogP contribution in [-0.4, -0.2) is 79.8 Å². The molecule has 2 atom stereocenters. The fourth-order valence-corrected chi connectivity index (χ4v) is 5.64. The Morgan fingerprint density at radius 1 is 1.22 bits per heavy atom. The molecule has 12 heteroatoms. The fraction of sp³-hybridized carbons (Fsp3) is 0.480. The van der Waals surface area contributed by atoms with Crippen molar-refractivity contribution < 1.29 is 14.6 Å². The maximum Gasteiger partial charge on any atom is 0.244 e. The smallest absolute Gasteiger partial charge is 0.244 e. The molecule has 6 heterocycles. The number of thiophene rings is 1. The van der Waals surface area contributed by atoms with Crippen molar-refractivity contribution in [2.45, 2.75) is 37.6 Å². The maximum absolute atomic E-state index is 10.8. The van der Waals surface area contributed by atoms with Crippen LogP contribution in [0.3, 0.4) is 0 Å². The van der Waals surface area contributed by atoms with Crippen molar-refractivity contribution in [2.75, 3.05) is 38.7 Å². The lowest BCUT2D eigenvalue weighted by Crippen LogP contribution is -2.42. The number of piperidine rings is 1. The zero-order chi connectivity index (χ0) is 25.4. The molecule has 2 fully saturated rings. The minimum atomic E-state index is -0.710. The molecule has 0 amide bonds. The molecule has 0 radical (unpaired) electrons. The number of aryl methyl sites for hydroxylation is 1. The van der Waals surface area contributed by atoms with Gasteiger partial charge in [0, 0.05) is 42.8 Å². The number of rotatable bonds is 8. The molecule has 0 aromatic carbocycles. The summed E-state index contributed by atoms with van der Waals surface area (Å²) in [5.41, 5.74) is 3.28. The molecule has 37 heavy (non-hydrogen) atoms. The molecule has 196 valence electrons. The van der Waals surface area contributed by atoms with E-state index in [9.17, 15) is 5.11 Å². The van der Waals surface area contributed by atoms with Crippen molar-refractivity contribution in [3.63, 3.8) is 0 Å². The monoisotopic (exact) mass is 524 g/mol. The Hall–Kier alpha value is -3.03. The normalized spacial score (nSPS) is 20.0. The SMILES string of the molecule is CN1CCC(NC(O)c2csc(Nc3nc(O[C@H]4CCOC4)c4c(ccn4-c4cnn(C)c4)n3)c2)CC1. The van der Waals surface area contributed by atoms with E-state index in [-0.39, 0.29) is 6.10 Å². The van der Waals surface area contributed by atoms with Crippen LogP contribution in [-0.2, 0) is 11.8 Å². The van der Waals surface area contributed by atoms with E-state index in [0.29, 0.717) is 31.1 Å². The van der Waals surface area contributed by atoms with E-state index in [2.05, 4.69) is 27.7 Å². The largest absolute Gasteiger partial charge is 0.470 e. The Bertz CT molecular complexity index is 1350. The zero-order valence-electron chi connectivity index (χ0n) is 21.0. The molecule has 0 spiro atoms. The van der Waals surface area contributed by atoms with Gasteiger partial charge in [0.2, 0.25) is 11.8 Å². The van der Waals surface area contributed by atoms with Gasteiger partial charge >= 0.3 is 0 Å². The summed E-state index contributed by atoms with van der Waals surface area (Å²) in [5.74, 6) is 0.939. The predicted molar refractivity (Wildman–Crippen MR) is 142 cm³/mol. The molecule has 2 aliphatic rings. The van der Waals surface area contributed by atoms with Crippen LogP contribution in [0.4, 0.5) is 10.9 Å². The van der Waals surface area contributed by atoms with Crippen LogP contribution in [0.25, 0.3) is 16.7 Å². The Morgan fingerprint density at radius 3 is 2.84 bits per heavy atom. The van der Waals surface area contributed by atoms with E-state index < -0.39 is 6.23 Å². The number of hydrogen-bond acceptors (Lipinski definition) is 10. The first-order valence-electron chi connectivity index (χ1n) is 12.6. The first-order valence-corrected chi connectivity index (χ1v) is 13.5. The molecule has 4 aromatic rings.